The second-order valence-corrected chi connectivity index (χ2v) is 46.1. The molecule has 13 aromatic rings. The van der Waals surface area contributed by atoms with Gasteiger partial charge >= 0.3 is 0 Å². The number of halogens is 6. The number of nitrogens with zero attached hydrogens (tertiary/aromatic N) is 23. The molecule has 0 radical (unpaired) electrons. The molecule has 6 aliphatic rings. The minimum absolute atomic E-state index is 0.00816. The maximum atomic E-state index is 13.8. The molecule has 15 heterocycles. The first kappa shape index (κ1) is 105. The summed E-state index contributed by atoms with van der Waals surface area (Å²) in [4.78, 5) is 145. The van der Waals surface area contributed by atoms with Crippen molar-refractivity contribution in [3.63, 3.8) is 0 Å². The monoisotopic (exact) mass is 2050 g/mol. The van der Waals surface area contributed by atoms with Crippen LogP contribution in [0.4, 0.5) is 13.2 Å². The average molecular weight is 2050 g/mol. The lowest BCUT2D eigenvalue weighted by Crippen LogP contribution is -2.63. The highest BCUT2D eigenvalue weighted by Crippen LogP contribution is 2.44. The van der Waals surface area contributed by atoms with Crippen molar-refractivity contribution in [2.45, 2.75) is 234 Å². The van der Waals surface area contributed by atoms with Gasteiger partial charge in [-0.1, -0.05) is 142 Å². The fraction of sp³-hybridized carbons (Fsp3) is 0.453. The molecule has 3 aromatic carbocycles. The highest BCUT2D eigenvalue weighted by Gasteiger charge is 2.47. The fourth-order valence-corrected chi connectivity index (χ4v) is 19.7. The number of aromatic amines is 2. The van der Waals surface area contributed by atoms with Gasteiger partial charge in [0.1, 0.15) is 45.5 Å². The summed E-state index contributed by atoms with van der Waals surface area (Å²) < 4.78 is 47.9. The van der Waals surface area contributed by atoms with Crippen LogP contribution in [0.1, 0.15) is 274 Å². The van der Waals surface area contributed by atoms with Crippen molar-refractivity contribution in [3.8, 4) is 33.8 Å². The molecule has 0 atom stereocenters. The molecule has 10 aromatic heterocycles. The summed E-state index contributed by atoms with van der Waals surface area (Å²) in [6.07, 6.45) is 8.65. The van der Waals surface area contributed by atoms with E-state index in [0.29, 0.717) is 158 Å². The van der Waals surface area contributed by atoms with Gasteiger partial charge in [0.15, 0.2) is 22.6 Å². The number of H-pyrrole nitrogens is 2. The lowest BCUT2D eigenvalue weighted by Gasteiger charge is -2.46. The van der Waals surface area contributed by atoms with Gasteiger partial charge in [0.05, 0.1) is 75.7 Å². The summed E-state index contributed by atoms with van der Waals surface area (Å²) in [6.45, 7) is 48.6. The summed E-state index contributed by atoms with van der Waals surface area (Å²) in [5.74, 6) is -4.54. The number of imidazole rings is 4. The zero-order chi connectivity index (χ0) is 106. The highest BCUT2D eigenvalue weighted by atomic mass is 35.5. The van der Waals surface area contributed by atoms with E-state index in [0.717, 1.165) is 61.9 Å². The molecule has 5 aliphatic heterocycles. The normalized spacial score (nSPS) is 17.5. The quantitative estimate of drug-likeness (QED) is 0.108. The Morgan fingerprint density at radius 2 is 0.822 bits per heavy atom. The largest absolute Gasteiger partial charge is 0.352 e. The Morgan fingerprint density at radius 1 is 0.432 bits per heavy atom. The molecule has 0 bridgehead atoms. The topological polar surface area (TPSA) is 374 Å². The number of rotatable bonds is 11. The number of alkyl halides is 2. The zero-order valence-electron chi connectivity index (χ0n) is 86.4. The Balaban J connectivity index is 0.000000140. The van der Waals surface area contributed by atoms with Crippen LogP contribution in [0.25, 0.3) is 56.4 Å². The number of nitrogens with one attached hydrogen (secondary N) is 3. The summed E-state index contributed by atoms with van der Waals surface area (Å²) in [5, 5.41) is 36.5. The van der Waals surface area contributed by atoms with Crippen molar-refractivity contribution >= 4 is 116 Å². The summed E-state index contributed by atoms with van der Waals surface area (Å²) in [6, 6.07) is 30.8. The van der Waals surface area contributed by atoms with E-state index in [9.17, 15) is 51.5 Å². The molecule has 1 saturated carbocycles. The van der Waals surface area contributed by atoms with Crippen molar-refractivity contribution < 1.29 is 51.5 Å². The third-order valence-electron chi connectivity index (χ3n) is 27.5. The van der Waals surface area contributed by atoms with Gasteiger partial charge in [-0.25, -0.2) is 56.2 Å². The van der Waals surface area contributed by atoms with E-state index in [1.54, 1.807) is 110 Å². The van der Waals surface area contributed by atoms with Crippen LogP contribution in [-0.2, 0) is 31.2 Å². The molecule has 5 fully saturated rings. The maximum absolute atomic E-state index is 13.8. The maximum Gasteiger partial charge on any atom is 0.291 e. The van der Waals surface area contributed by atoms with Gasteiger partial charge in [-0.3, -0.25) is 53.5 Å². The molecule has 4 saturated heterocycles. The van der Waals surface area contributed by atoms with Crippen LogP contribution in [0, 0.1) is 12.7 Å². The van der Waals surface area contributed by atoms with Crippen LogP contribution in [0.3, 0.4) is 0 Å². The number of aryl methyl sites for hydroxylation is 1. The van der Waals surface area contributed by atoms with Gasteiger partial charge in [-0.2, -0.15) is 30.6 Å². The Morgan fingerprint density at radius 3 is 1.20 bits per heavy atom. The van der Waals surface area contributed by atoms with Gasteiger partial charge in [-0.05, 0) is 183 Å². The van der Waals surface area contributed by atoms with Gasteiger partial charge in [0, 0.05) is 157 Å². The first-order valence-electron chi connectivity index (χ1n) is 48.8. The summed E-state index contributed by atoms with van der Waals surface area (Å²) in [7, 11) is 0. The van der Waals surface area contributed by atoms with Crippen LogP contribution >= 0.6 is 34.8 Å². The standard InChI is InChI=1S/C28H32ClN7O2.C28H37F2N7O2.C27H30ClN7O2.C23H25ClFN5O2/c1-17-14-30-23(31-17)26(38)34-11-12-35(28(5,6)16-34)25(37)22-15-36-24(32-22)20(27(2,3)4)13-21(33-36)18-7-9-19(29)10-8-18;1-17-13-21(33-32-17)24(38)35-11-12-36(27(5,6)16-35)25(39)22-15-37-23(31-22)19(26(2,3)4)14-20(34-37)18-7-9-28(29,30)10-8-18;1-26(2,3)19-14-21(17-6-8-18(28)9-7-17)32-35-15-22(30-23(19)35)25(37)34-13-12-33(16-27(34,4)5)24(36)20-10-11-29-31-20;1-22(2,3)14-11-17(13-6-7-16(25)15(24)10-13)28-30-12-18(27-19(14)30)20(31)29-9-8-26-21(32)23(29,4)5/h7-10,13,15H,11-12,14,16H2,1-6H3;13-15,18H,7-12,16H2,1-6H3,(H,32,33);6-11,14-15H,12-13,16H2,1-5H3,(H,29,31);6-7,10-12H,8-9H2,1-5H3,(H,26,32). The lowest BCUT2D eigenvalue weighted by atomic mass is 9.82. The molecule has 0 spiro atoms. The number of piperazine rings is 4. The first-order chi connectivity index (χ1) is 68.3. The summed E-state index contributed by atoms with van der Waals surface area (Å²) >= 11 is 18.1. The smallest absolute Gasteiger partial charge is 0.291 e. The van der Waals surface area contributed by atoms with Gasteiger partial charge in [0.25, 0.3) is 41.4 Å². The van der Waals surface area contributed by atoms with Crippen LogP contribution in [0.15, 0.2) is 144 Å². The Labute approximate surface area is 859 Å². The van der Waals surface area contributed by atoms with Crippen molar-refractivity contribution in [1.82, 2.24) is 118 Å². The van der Waals surface area contributed by atoms with Crippen molar-refractivity contribution in [2.75, 3.05) is 78.5 Å². The number of amides is 8. The number of aliphatic imine (C=N–C) groups is 2. The van der Waals surface area contributed by atoms with Gasteiger partial charge in [0.2, 0.25) is 17.7 Å². The lowest BCUT2D eigenvalue weighted by molar-refractivity contribution is -0.133. The first-order valence-corrected chi connectivity index (χ1v) is 50.0. The number of amidine groups is 1. The van der Waals surface area contributed by atoms with Crippen molar-refractivity contribution in [2.24, 2.45) is 9.98 Å². The molecule has 8 amide bonds. The highest BCUT2D eigenvalue weighted by molar-refractivity contribution is 6.41. The fourth-order valence-electron chi connectivity index (χ4n) is 19.3. The number of aromatic nitrogens is 16. The van der Waals surface area contributed by atoms with Crippen molar-refractivity contribution in [3.05, 3.63) is 223 Å². The second kappa shape index (κ2) is 39.6. The number of carbonyl (C=O) groups is 8. The van der Waals surface area contributed by atoms with E-state index in [2.05, 4.69) is 108 Å². The molecule has 34 nitrogen and oxygen atoms in total. The minimum Gasteiger partial charge on any atom is -0.352 e. The minimum atomic E-state index is -2.61. The van der Waals surface area contributed by atoms with Crippen LogP contribution in [0.2, 0.25) is 15.1 Å². The zero-order valence-corrected chi connectivity index (χ0v) is 88.7. The van der Waals surface area contributed by atoms with Gasteiger partial charge < -0.3 is 39.6 Å². The second-order valence-electron chi connectivity index (χ2n) is 44.8. The molecule has 19 rings (SSSR count). The van der Waals surface area contributed by atoms with E-state index < -0.39 is 33.9 Å². The molecular weight excluding hydrogens is 1930 g/mol. The molecule has 40 heteroatoms. The number of hydrogen-bond acceptors (Lipinski definition) is 20. The average Bonchev–Trinajstić information content (AvgIpc) is 1.62. The number of fused-ring (bicyclic) bond motifs is 4. The Hall–Kier alpha value is -13.7. The number of carbonyl (C=O) groups excluding carboxylic acids is 8. The van der Waals surface area contributed by atoms with Gasteiger partial charge in [-0.15, -0.1) is 0 Å². The number of benzene rings is 3. The van der Waals surface area contributed by atoms with E-state index >= 15 is 0 Å². The van der Waals surface area contributed by atoms with E-state index in [4.69, 9.17) is 65.1 Å². The molecular formula is C106H124Cl3F3N26O8. The van der Waals surface area contributed by atoms with Crippen LogP contribution < -0.4 is 5.32 Å². The molecule has 768 valence electrons. The molecule has 146 heavy (non-hydrogen) atoms. The van der Waals surface area contributed by atoms with E-state index in [1.165, 1.54) is 17.0 Å². The Bertz CT molecular complexity index is 7340. The predicted molar refractivity (Wildman–Crippen MR) is 553 cm³/mol. The number of hydrogen-bond donors (Lipinski definition) is 3. The third kappa shape index (κ3) is 22.1. The SMILES string of the molecule is CC(C)(C)c1cc(-c2ccc(Cl)cc2)nn2cc(C(=O)N3CCN(C(=O)c4ccn[nH]4)CC3(C)C)nc12.CC(C)(C)c1cc(-c2ccc(F)c(Cl)c2)nn2cc(C(=O)N3CCNC(=O)C3(C)C)nc12.CC1=NC(C(=O)N2CCN(C(=O)c3cn4nc(-c5ccc(Cl)cc5)cc(C(C)(C)C)c4n3)C(C)(C)C2)=NC1.Cc1cc(C(=O)N2CCN(C(=O)c3cn4nc(C5CCC(F)(F)CC5)cc(C(C)(C)C)c4n3)C(C)(C)C2)n[nH]1. The van der Waals surface area contributed by atoms with Crippen molar-refractivity contribution in [1.29, 1.82) is 0 Å². The Kier molecular flexibility index (Phi) is 28.5. The van der Waals surface area contributed by atoms with E-state index in [1.807, 2.05) is 149 Å². The third-order valence-corrected chi connectivity index (χ3v) is 28.3. The van der Waals surface area contributed by atoms with Crippen LogP contribution in [-0.4, -0.2) is 279 Å². The molecule has 1 aliphatic carbocycles. The van der Waals surface area contributed by atoms with Crippen LogP contribution in [0.5, 0.6) is 0 Å². The molecule has 0 unspecified atom stereocenters. The predicted octanol–water partition coefficient (Wildman–Crippen LogP) is 17.3. The summed E-state index contributed by atoms with van der Waals surface area (Å²) in [5.41, 5.74) is 11.3. The molecule has 3 N–H and O–H groups in total. The van der Waals surface area contributed by atoms with E-state index in [-0.39, 0.29) is 110 Å².